The SMILES string of the molecule is C=CC[C@H](C[C@H](O)[C@H](Cc1ccccc1)NC(=O)OC(C)(C)C)C(=O)N[C@H]1c2ccccc2C[C@H]1O. The number of benzene rings is 2. The topological polar surface area (TPSA) is 108 Å². The van der Waals surface area contributed by atoms with E-state index in [2.05, 4.69) is 17.2 Å². The number of aliphatic hydroxyl groups excluding tert-OH is 2. The molecular weight excluding hydrogens is 456 g/mol. The zero-order valence-electron chi connectivity index (χ0n) is 21.3. The summed E-state index contributed by atoms with van der Waals surface area (Å²) >= 11 is 0. The Kier molecular flexibility index (Phi) is 9.29. The highest BCUT2D eigenvalue weighted by molar-refractivity contribution is 5.79. The van der Waals surface area contributed by atoms with Crippen LogP contribution in [0.25, 0.3) is 0 Å². The third kappa shape index (κ3) is 7.67. The first-order valence-corrected chi connectivity index (χ1v) is 12.5. The van der Waals surface area contributed by atoms with Gasteiger partial charge in [0, 0.05) is 12.3 Å². The highest BCUT2D eigenvalue weighted by Crippen LogP contribution is 2.32. The highest BCUT2D eigenvalue weighted by atomic mass is 16.6. The summed E-state index contributed by atoms with van der Waals surface area (Å²) in [5, 5.41) is 27.5. The second-order valence-electron chi connectivity index (χ2n) is 10.4. The molecule has 0 aliphatic heterocycles. The van der Waals surface area contributed by atoms with Crippen LogP contribution in [0.2, 0.25) is 0 Å². The molecule has 0 saturated heterocycles. The van der Waals surface area contributed by atoms with Gasteiger partial charge >= 0.3 is 6.09 Å². The Labute approximate surface area is 213 Å². The van der Waals surface area contributed by atoms with Gasteiger partial charge in [-0.1, -0.05) is 60.7 Å². The summed E-state index contributed by atoms with van der Waals surface area (Å²) in [6.45, 7) is 9.09. The molecule has 0 radical (unpaired) electrons. The minimum absolute atomic E-state index is 0.107. The quantitative estimate of drug-likeness (QED) is 0.376. The average molecular weight is 495 g/mol. The lowest BCUT2D eigenvalue weighted by Crippen LogP contribution is -2.48. The summed E-state index contributed by atoms with van der Waals surface area (Å²) in [5.41, 5.74) is 2.17. The Morgan fingerprint density at radius 3 is 2.47 bits per heavy atom. The van der Waals surface area contributed by atoms with Crippen LogP contribution in [0, 0.1) is 5.92 Å². The molecule has 36 heavy (non-hydrogen) atoms. The van der Waals surface area contributed by atoms with E-state index < -0.39 is 41.9 Å². The van der Waals surface area contributed by atoms with Gasteiger partial charge in [-0.25, -0.2) is 4.79 Å². The van der Waals surface area contributed by atoms with E-state index in [1.807, 2.05) is 54.6 Å². The predicted molar refractivity (Wildman–Crippen MR) is 139 cm³/mol. The smallest absolute Gasteiger partial charge is 0.407 e. The minimum atomic E-state index is -1.02. The largest absolute Gasteiger partial charge is 0.444 e. The second-order valence-corrected chi connectivity index (χ2v) is 10.4. The van der Waals surface area contributed by atoms with E-state index in [1.54, 1.807) is 26.8 Å². The van der Waals surface area contributed by atoms with Gasteiger partial charge in [0.15, 0.2) is 0 Å². The van der Waals surface area contributed by atoms with Crippen molar-refractivity contribution in [3.05, 3.63) is 83.9 Å². The summed E-state index contributed by atoms with van der Waals surface area (Å²) in [4.78, 5) is 25.8. The maximum Gasteiger partial charge on any atom is 0.407 e. The third-order valence-corrected chi connectivity index (χ3v) is 6.31. The van der Waals surface area contributed by atoms with Crippen LogP contribution in [0.5, 0.6) is 0 Å². The maximum absolute atomic E-state index is 13.3. The summed E-state index contributed by atoms with van der Waals surface area (Å²) in [5.74, 6) is -0.860. The normalized spacial score (nSPS) is 19.5. The molecule has 3 rings (SSSR count). The molecule has 0 spiro atoms. The summed E-state index contributed by atoms with van der Waals surface area (Å²) in [7, 11) is 0. The summed E-state index contributed by atoms with van der Waals surface area (Å²) in [6.07, 6.45) is 0.594. The van der Waals surface area contributed by atoms with Crippen LogP contribution in [-0.2, 0) is 22.4 Å². The van der Waals surface area contributed by atoms with E-state index in [1.165, 1.54) is 0 Å². The molecule has 1 aliphatic carbocycles. The molecule has 0 aromatic heterocycles. The number of alkyl carbamates (subject to hydrolysis) is 1. The lowest BCUT2D eigenvalue weighted by Gasteiger charge is -2.29. The van der Waals surface area contributed by atoms with Gasteiger partial charge in [0.05, 0.1) is 24.3 Å². The molecule has 194 valence electrons. The molecule has 0 bridgehead atoms. The van der Waals surface area contributed by atoms with Crippen molar-refractivity contribution in [3.63, 3.8) is 0 Å². The van der Waals surface area contributed by atoms with Crippen molar-refractivity contribution in [1.29, 1.82) is 0 Å². The minimum Gasteiger partial charge on any atom is -0.444 e. The maximum atomic E-state index is 13.3. The number of rotatable bonds is 10. The van der Waals surface area contributed by atoms with Crippen LogP contribution in [0.3, 0.4) is 0 Å². The Hall–Kier alpha value is -3.16. The van der Waals surface area contributed by atoms with Gasteiger partial charge in [-0.15, -0.1) is 6.58 Å². The Balaban J connectivity index is 1.73. The van der Waals surface area contributed by atoms with Crippen molar-refractivity contribution >= 4 is 12.0 Å². The van der Waals surface area contributed by atoms with E-state index >= 15 is 0 Å². The number of allylic oxidation sites excluding steroid dienone is 1. The van der Waals surface area contributed by atoms with Gasteiger partial charge in [0.1, 0.15) is 5.60 Å². The van der Waals surface area contributed by atoms with Gasteiger partial charge < -0.3 is 25.6 Å². The molecule has 0 heterocycles. The average Bonchev–Trinajstić information content (AvgIpc) is 3.12. The Morgan fingerprint density at radius 2 is 1.81 bits per heavy atom. The fraction of sp³-hybridized carbons (Fsp3) is 0.448. The Morgan fingerprint density at radius 1 is 1.14 bits per heavy atom. The molecule has 0 saturated carbocycles. The van der Waals surface area contributed by atoms with Crippen molar-refractivity contribution in [3.8, 4) is 0 Å². The van der Waals surface area contributed by atoms with Crippen molar-refractivity contribution in [2.75, 3.05) is 0 Å². The fourth-order valence-electron chi connectivity index (χ4n) is 4.60. The van der Waals surface area contributed by atoms with Crippen LogP contribution in [0.15, 0.2) is 67.3 Å². The predicted octanol–water partition coefficient (Wildman–Crippen LogP) is 3.84. The van der Waals surface area contributed by atoms with Crippen molar-refractivity contribution < 1.29 is 24.5 Å². The molecule has 2 aromatic rings. The number of carbonyl (C=O) groups is 2. The highest BCUT2D eigenvalue weighted by Gasteiger charge is 2.35. The number of aliphatic hydroxyl groups is 2. The fourth-order valence-corrected chi connectivity index (χ4v) is 4.60. The molecule has 1 aliphatic rings. The molecule has 0 fully saturated rings. The second kappa shape index (κ2) is 12.2. The molecule has 0 unspecified atom stereocenters. The first-order valence-electron chi connectivity index (χ1n) is 12.5. The van der Waals surface area contributed by atoms with E-state index in [-0.39, 0.29) is 12.3 Å². The van der Waals surface area contributed by atoms with Crippen molar-refractivity contribution in [2.45, 2.75) is 76.3 Å². The molecule has 7 heteroatoms. The van der Waals surface area contributed by atoms with E-state index in [4.69, 9.17) is 4.74 Å². The Bertz CT molecular complexity index is 1030. The van der Waals surface area contributed by atoms with Gasteiger partial charge in [-0.05, 0) is 56.7 Å². The van der Waals surface area contributed by atoms with Gasteiger partial charge in [0.2, 0.25) is 5.91 Å². The number of hydrogen-bond donors (Lipinski definition) is 4. The molecule has 5 atom stereocenters. The number of amides is 2. The van der Waals surface area contributed by atoms with Crippen molar-refractivity contribution in [1.82, 2.24) is 10.6 Å². The van der Waals surface area contributed by atoms with E-state index in [0.717, 1.165) is 16.7 Å². The van der Waals surface area contributed by atoms with Crippen LogP contribution in [0.1, 0.15) is 56.3 Å². The lowest BCUT2D eigenvalue weighted by molar-refractivity contribution is -0.127. The van der Waals surface area contributed by atoms with Crippen LogP contribution in [0.4, 0.5) is 4.79 Å². The molecule has 7 nitrogen and oxygen atoms in total. The first kappa shape index (κ1) is 27.4. The van der Waals surface area contributed by atoms with Crippen LogP contribution < -0.4 is 10.6 Å². The van der Waals surface area contributed by atoms with E-state index in [0.29, 0.717) is 19.3 Å². The molecule has 4 N–H and O–H groups in total. The third-order valence-electron chi connectivity index (χ3n) is 6.31. The number of ether oxygens (including phenoxy) is 1. The standard InChI is InChI=1S/C29H38N2O5/c1-5-11-21(27(34)31-26-22-15-10-9-14-20(22)17-25(26)33)18-24(32)23(16-19-12-7-6-8-13-19)30-28(35)36-29(2,3)4/h5-10,12-15,21,23-26,32-33H,1,11,16-18H2,2-4H3,(H,30,35)(H,31,34)/t21-,23+,24+,25-,26+/m1/s1. The zero-order chi connectivity index (χ0) is 26.3. The monoisotopic (exact) mass is 494 g/mol. The molecular formula is C29H38N2O5. The van der Waals surface area contributed by atoms with Gasteiger partial charge in [0.25, 0.3) is 0 Å². The first-order chi connectivity index (χ1) is 17.1. The number of fused-ring (bicyclic) bond motifs is 1. The molecule has 2 amide bonds. The number of carbonyl (C=O) groups excluding carboxylic acids is 2. The van der Waals surface area contributed by atoms with Crippen molar-refractivity contribution in [2.24, 2.45) is 5.92 Å². The van der Waals surface area contributed by atoms with Gasteiger partial charge in [-0.2, -0.15) is 0 Å². The van der Waals surface area contributed by atoms with E-state index in [9.17, 15) is 19.8 Å². The molecule has 2 aromatic carbocycles. The van der Waals surface area contributed by atoms with Crippen LogP contribution >= 0.6 is 0 Å². The van der Waals surface area contributed by atoms with Gasteiger partial charge in [-0.3, -0.25) is 4.79 Å². The number of nitrogens with one attached hydrogen (secondary N) is 2. The zero-order valence-corrected chi connectivity index (χ0v) is 21.3. The summed E-state index contributed by atoms with van der Waals surface area (Å²) in [6, 6.07) is 16.0. The van der Waals surface area contributed by atoms with Crippen LogP contribution in [-0.4, -0.2) is 46.1 Å². The number of hydrogen-bond acceptors (Lipinski definition) is 5. The summed E-state index contributed by atoms with van der Waals surface area (Å²) < 4.78 is 5.41. The lowest BCUT2D eigenvalue weighted by atomic mass is 9.90.